The number of imidazole rings is 1. The highest BCUT2D eigenvalue weighted by Gasteiger charge is 2.11. The minimum absolute atomic E-state index is 0.0917. The molecule has 0 amide bonds. The third-order valence-corrected chi connectivity index (χ3v) is 2.84. The number of aromatic carboxylic acids is 1. The Hall–Kier alpha value is -1.88. The molecule has 1 aromatic carbocycles. The lowest BCUT2D eigenvalue weighted by molar-refractivity contribution is 0.0697. The number of aliphatic hydroxyl groups is 1. The Morgan fingerprint density at radius 1 is 1.53 bits per heavy atom. The van der Waals surface area contributed by atoms with Crippen molar-refractivity contribution >= 4 is 17.0 Å². The highest BCUT2D eigenvalue weighted by molar-refractivity contribution is 5.92. The number of carboxylic acid groups (broad SMARTS) is 1. The number of hydrogen-bond donors (Lipinski definition) is 2. The van der Waals surface area contributed by atoms with Gasteiger partial charge in [0.05, 0.1) is 22.9 Å². The van der Waals surface area contributed by atoms with Gasteiger partial charge >= 0.3 is 5.97 Å². The van der Waals surface area contributed by atoms with Crippen LogP contribution < -0.4 is 0 Å². The molecule has 0 aliphatic rings. The van der Waals surface area contributed by atoms with Crippen LogP contribution in [0.3, 0.4) is 0 Å². The lowest BCUT2D eigenvalue weighted by Crippen LogP contribution is -2.06. The topological polar surface area (TPSA) is 75.3 Å². The Kier molecular flexibility index (Phi) is 3.10. The first-order valence-corrected chi connectivity index (χ1v) is 5.44. The van der Waals surface area contributed by atoms with E-state index < -0.39 is 5.97 Å². The van der Waals surface area contributed by atoms with Crippen LogP contribution in [0, 0.1) is 0 Å². The van der Waals surface area contributed by atoms with Crippen molar-refractivity contribution in [2.24, 2.45) is 0 Å². The Morgan fingerprint density at radius 3 is 2.94 bits per heavy atom. The normalized spacial score (nSPS) is 12.8. The van der Waals surface area contributed by atoms with Gasteiger partial charge in [-0.15, -0.1) is 0 Å². The summed E-state index contributed by atoms with van der Waals surface area (Å²) in [6.45, 7) is 2.06. The number of rotatable bonds is 4. The standard InChI is InChI=1S/C12H14N2O3/c1-8(4-5-15)14-7-13-10-3-2-9(12(16)17)6-11(10)14/h2-3,6-8,15H,4-5H2,1H3,(H,16,17). The SMILES string of the molecule is CC(CCO)n1cnc2ccc(C(=O)O)cc21. The quantitative estimate of drug-likeness (QED) is 0.843. The van der Waals surface area contributed by atoms with Gasteiger partial charge in [-0.25, -0.2) is 9.78 Å². The molecule has 0 saturated carbocycles. The van der Waals surface area contributed by atoms with E-state index in [1.807, 2.05) is 11.5 Å². The summed E-state index contributed by atoms with van der Waals surface area (Å²) in [7, 11) is 0. The number of aromatic nitrogens is 2. The summed E-state index contributed by atoms with van der Waals surface area (Å²) >= 11 is 0. The van der Waals surface area contributed by atoms with Crippen LogP contribution >= 0.6 is 0 Å². The number of fused-ring (bicyclic) bond motifs is 1. The zero-order valence-electron chi connectivity index (χ0n) is 9.50. The molecular formula is C12H14N2O3. The van der Waals surface area contributed by atoms with Crippen LogP contribution in [-0.2, 0) is 0 Å². The average molecular weight is 234 g/mol. The molecule has 0 aliphatic carbocycles. The fraction of sp³-hybridized carbons (Fsp3) is 0.333. The van der Waals surface area contributed by atoms with Gasteiger partial charge in [0.2, 0.25) is 0 Å². The van der Waals surface area contributed by atoms with Crippen molar-refractivity contribution in [2.75, 3.05) is 6.61 Å². The largest absolute Gasteiger partial charge is 0.478 e. The van der Waals surface area contributed by atoms with E-state index in [1.165, 1.54) is 0 Å². The summed E-state index contributed by atoms with van der Waals surface area (Å²) in [6.07, 6.45) is 2.29. The maximum absolute atomic E-state index is 10.9. The van der Waals surface area contributed by atoms with Gasteiger partial charge in [-0.3, -0.25) is 0 Å². The molecule has 0 bridgehead atoms. The summed E-state index contributed by atoms with van der Waals surface area (Å²) in [6, 6.07) is 4.94. The van der Waals surface area contributed by atoms with E-state index in [4.69, 9.17) is 10.2 Å². The van der Waals surface area contributed by atoms with Crippen LogP contribution in [-0.4, -0.2) is 32.3 Å². The molecule has 1 aromatic heterocycles. The molecular weight excluding hydrogens is 220 g/mol. The van der Waals surface area contributed by atoms with Crippen LogP contribution in [0.5, 0.6) is 0 Å². The first kappa shape index (κ1) is 11.6. The van der Waals surface area contributed by atoms with Crippen LogP contribution in [0.15, 0.2) is 24.5 Å². The zero-order chi connectivity index (χ0) is 12.4. The highest BCUT2D eigenvalue weighted by atomic mass is 16.4. The number of benzene rings is 1. The summed E-state index contributed by atoms with van der Waals surface area (Å²) < 4.78 is 1.89. The van der Waals surface area contributed by atoms with Crippen molar-refractivity contribution in [3.8, 4) is 0 Å². The maximum atomic E-state index is 10.9. The zero-order valence-corrected chi connectivity index (χ0v) is 9.50. The van der Waals surface area contributed by atoms with E-state index >= 15 is 0 Å². The molecule has 0 aliphatic heterocycles. The van der Waals surface area contributed by atoms with Gasteiger partial charge < -0.3 is 14.8 Å². The van der Waals surface area contributed by atoms with Gasteiger partial charge in [0.25, 0.3) is 0 Å². The average Bonchev–Trinajstić information content (AvgIpc) is 2.71. The van der Waals surface area contributed by atoms with Crippen molar-refractivity contribution in [3.63, 3.8) is 0 Å². The third kappa shape index (κ3) is 2.14. The molecule has 0 radical (unpaired) electrons. The second kappa shape index (κ2) is 4.55. The smallest absolute Gasteiger partial charge is 0.335 e. The lowest BCUT2D eigenvalue weighted by Gasteiger charge is -2.12. The van der Waals surface area contributed by atoms with Crippen molar-refractivity contribution < 1.29 is 15.0 Å². The first-order chi connectivity index (χ1) is 8.13. The number of aliphatic hydroxyl groups excluding tert-OH is 1. The molecule has 0 spiro atoms. The molecule has 1 atom stereocenters. The van der Waals surface area contributed by atoms with Crippen molar-refractivity contribution in [1.29, 1.82) is 0 Å². The predicted molar refractivity (Wildman–Crippen MR) is 63.1 cm³/mol. The Bertz CT molecular complexity index is 548. The predicted octanol–water partition coefficient (Wildman–Crippen LogP) is 1.68. The van der Waals surface area contributed by atoms with Gasteiger partial charge in [-0.2, -0.15) is 0 Å². The fourth-order valence-electron chi connectivity index (χ4n) is 1.84. The molecule has 90 valence electrons. The van der Waals surface area contributed by atoms with E-state index in [-0.39, 0.29) is 18.2 Å². The number of carbonyl (C=O) groups is 1. The van der Waals surface area contributed by atoms with Gasteiger partial charge in [0.1, 0.15) is 0 Å². The molecule has 5 heteroatoms. The summed E-state index contributed by atoms with van der Waals surface area (Å²) in [4.78, 5) is 15.1. The van der Waals surface area contributed by atoms with E-state index in [0.717, 1.165) is 11.0 Å². The van der Waals surface area contributed by atoms with E-state index in [1.54, 1.807) is 24.5 Å². The minimum Gasteiger partial charge on any atom is -0.478 e. The molecule has 0 saturated heterocycles. The van der Waals surface area contributed by atoms with E-state index in [2.05, 4.69) is 4.98 Å². The second-order valence-corrected chi connectivity index (χ2v) is 4.02. The Balaban J connectivity index is 2.50. The number of carboxylic acids is 1. The minimum atomic E-state index is -0.950. The Labute approximate surface area is 98.3 Å². The lowest BCUT2D eigenvalue weighted by atomic mass is 10.2. The van der Waals surface area contributed by atoms with Gasteiger partial charge in [-0.05, 0) is 31.5 Å². The van der Waals surface area contributed by atoms with Crippen molar-refractivity contribution in [3.05, 3.63) is 30.1 Å². The maximum Gasteiger partial charge on any atom is 0.335 e. The van der Waals surface area contributed by atoms with E-state index in [0.29, 0.717) is 6.42 Å². The molecule has 17 heavy (non-hydrogen) atoms. The van der Waals surface area contributed by atoms with Crippen LogP contribution in [0.25, 0.3) is 11.0 Å². The highest BCUT2D eigenvalue weighted by Crippen LogP contribution is 2.20. The van der Waals surface area contributed by atoms with Crippen LogP contribution in [0.1, 0.15) is 29.7 Å². The molecule has 0 fully saturated rings. The van der Waals surface area contributed by atoms with Crippen LogP contribution in [0.4, 0.5) is 0 Å². The molecule has 5 nitrogen and oxygen atoms in total. The monoisotopic (exact) mass is 234 g/mol. The van der Waals surface area contributed by atoms with Crippen molar-refractivity contribution in [2.45, 2.75) is 19.4 Å². The van der Waals surface area contributed by atoms with Gasteiger partial charge in [-0.1, -0.05) is 0 Å². The number of hydrogen-bond acceptors (Lipinski definition) is 3. The molecule has 2 N–H and O–H groups in total. The fourth-order valence-corrected chi connectivity index (χ4v) is 1.84. The molecule has 1 unspecified atom stereocenters. The molecule has 2 aromatic rings. The summed E-state index contributed by atoms with van der Waals surface area (Å²) in [5.41, 5.74) is 1.79. The van der Waals surface area contributed by atoms with E-state index in [9.17, 15) is 4.79 Å². The third-order valence-electron chi connectivity index (χ3n) is 2.84. The molecule has 1 heterocycles. The Morgan fingerprint density at radius 2 is 2.29 bits per heavy atom. The summed E-state index contributed by atoms with van der Waals surface area (Å²) in [5, 5.41) is 17.9. The van der Waals surface area contributed by atoms with Crippen LogP contribution in [0.2, 0.25) is 0 Å². The van der Waals surface area contributed by atoms with Crippen molar-refractivity contribution in [1.82, 2.24) is 9.55 Å². The molecule has 2 rings (SSSR count). The van der Waals surface area contributed by atoms with Gasteiger partial charge in [0.15, 0.2) is 0 Å². The first-order valence-electron chi connectivity index (χ1n) is 5.44. The second-order valence-electron chi connectivity index (χ2n) is 4.02. The number of nitrogens with zero attached hydrogens (tertiary/aromatic N) is 2. The summed E-state index contributed by atoms with van der Waals surface area (Å²) in [5.74, 6) is -0.950. The van der Waals surface area contributed by atoms with Gasteiger partial charge in [0, 0.05) is 12.6 Å².